The van der Waals surface area contributed by atoms with E-state index in [2.05, 4.69) is 22.9 Å². The number of hydrogen-bond donors (Lipinski definition) is 3. The van der Waals surface area contributed by atoms with Crippen molar-refractivity contribution < 1.29 is 4.79 Å². The molecule has 72 valence electrons. The molecule has 0 atom stereocenters. The fraction of sp³-hybridized carbons (Fsp3) is 0. The standard InChI is InChI=1S/C8H7N3OS2/c9-7(12)11-8-10-5-2-1-4(13)3-6(5)14-8/h1-3,13H,(H3,9,10,11,12). The number of nitrogens with two attached hydrogens (primary N) is 1. The molecule has 0 radical (unpaired) electrons. The number of benzene rings is 1. The molecule has 0 aliphatic rings. The minimum Gasteiger partial charge on any atom is -0.351 e. The van der Waals surface area contributed by atoms with Crippen LogP contribution in [0.5, 0.6) is 0 Å². The van der Waals surface area contributed by atoms with Crippen molar-refractivity contribution in [1.82, 2.24) is 4.98 Å². The van der Waals surface area contributed by atoms with E-state index in [0.29, 0.717) is 5.13 Å². The quantitative estimate of drug-likeness (QED) is 0.650. The van der Waals surface area contributed by atoms with Gasteiger partial charge in [0.2, 0.25) is 0 Å². The number of rotatable bonds is 1. The molecule has 0 spiro atoms. The summed E-state index contributed by atoms with van der Waals surface area (Å²) in [6.07, 6.45) is 0. The molecular formula is C8H7N3OS2. The number of anilines is 1. The van der Waals surface area contributed by atoms with Crippen molar-refractivity contribution in [3.8, 4) is 0 Å². The van der Waals surface area contributed by atoms with Gasteiger partial charge in [-0.05, 0) is 18.2 Å². The second-order valence-corrected chi connectivity index (χ2v) is 4.21. The van der Waals surface area contributed by atoms with Gasteiger partial charge in [-0.15, -0.1) is 12.6 Å². The molecule has 0 unspecified atom stereocenters. The first-order chi connectivity index (χ1) is 6.65. The lowest BCUT2D eigenvalue weighted by molar-refractivity contribution is 0.259. The second-order valence-electron chi connectivity index (χ2n) is 2.66. The minimum atomic E-state index is -0.602. The molecule has 1 heterocycles. The molecule has 1 aromatic heterocycles. The van der Waals surface area contributed by atoms with Crippen LogP contribution in [0.4, 0.5) is 9.93 Å². The van der Waals surface area contributed by atoms with E-state index < -0.39 is 6.03 Å². The van der Waals surface area contributed by atoms with E-state index in [-0.39, 0.29) is 0 Å². The molecule has 0 bridgehead atoms. The highest BCUT2D eigenvalue weighted by atomic mass is 32.1. The van der Waals surface area contributed by atoms with Crippen molar-refractivity contribution in [2.75, 3.05) is 5.32 Å². The lowest BCUT2D eigenvalue weighted by Gasteiger charge is -1.91. The number of carbonyl (C=O) groups is 1. The topological polar surface area (TPSA) is 68.0 Å². The third kappa shape index (κ3) is 1.80. The van der Waals surface area contributed by atoms with Crippen LogP contribution in [0, 0.1) is 0 Å². The average Bonchev–Trinajstić information content (AvgIpc) is 2.44. The fourth-order valence-electron chi connectivity index (χ4n) is 1.07. The van der Waals surface area contributed by atoms with Crippen molar-refractivity contribution in [2.24, 2.45) is 5.73 Å². The predicted molar refractivity (Wildman–Crippen MR) is 60.1 cm³/mol. The molecule has 0 fully saturated rings. The highest BCUT2D eigenvalue weighted by Gasteiger charge is 2.04. The van der Waals surface area contributed by atoms with E-state index >= 15 is 0 Å². The Labute approximate surface area is 89.5 Å². The summed E-state index contributed by atoms with van der Waals surface area (Å²) in [5.74, 6) is 0. The Morgan fingerprint density at radius 3 is 3.07 bits per heavy atom. The number of hydrogen-bond acceptors (Lipinski definition) is 4. The zero-order valence-corrected chi connectivity index (χ0v) is 8.73. The van der Waals surface area contributed by atoms with Crippen LogP contribution in [-0.2, 0) is 0 Å². The molecular weight excluding hydrogens is 218 g/mol. The number of primary amides is 1. The van der Waals surface area contributed by atoms with Crippen molar-refractivity contribution in [1.29, 1.82) is 0 Å². The van der Waals surface area contributed by atoms with Crippen LogP contribution in [-0.4, -0.2) is 11.0 Å². The summed E-state index contributed by atoms with van der Waals surface area (Å²) in [4.78, 5) is 15.6. The lowest BCUT2D eigenvalue weighted by Crippen LogP contribution is -2.18. The zero-order valence-electron chi connectivity index (χ0n) is 7.02. The summed E-state index contributed by atoms with van der Waals surface area (Å²) in [5.41, 5.74) is 5.81. The van der Waals surface area contributed by atoms with Gasteiger partial charge in [0.1, 0.15) is 0 Å². The number of nitrogens with zero attached hydrogens (tertiary/aromatic N) is 1. The Hall–Kier alpha value is -1.27. The largest absolute Gasteiger partial charge is 0.351 e. The van der Waals surface area contributed by atoms with E-state index in [1.54, 1.807) is 0 Å². The van der Waals surface area contributed by atoms with Gasteiger partial charge in [-0.2, -0.15) is 0 Å². The number of urea groups is 1. The Balaban J connectivity index is 2.46. The molecule has 1 aromatic carbocycles. The average molecular weight is 225 g/mol. The van der Waals surface area contributed by atoms with Gasteiger partial charge in [0.15, 0.2) is 5.13 Å². The molecule has 0 aliphatic carbocycles. The molecule has 2 aromatic rings. The van der Waals surface area contributed by atoms with Crippen LogP contribution < -0.4 is 11.1 Å². The fourth-order valence-corrected chi connectivity index (χ4v) is 2.27. The SMILES string of the molecule is NC(=O)Nc1nc2ccc(S)cc2s1. The number of thiazole rings is 1. The monoisotopic (exact) mass is 225 g/mol. The minimum absolute atomic E-state index is 0.506. The van der Waals surface area contributed by atoms with E-state index in [9.17, 15) is 4.79 Å². The summed E-state index contributed by atoms with van der Waals surface area (Å²) in [6.45, 7) is 0. The van der Waals surface area contributed by atoms with Gasteiger partial charge < -0.3 is 5.73 Å². The molecule has 0 aliphatic heterocycles. The molecule has 4 nitrogen and oxygen atoms in total. The van der Waals surface area contributed by atoms with E-state index in [0.717, 1.165) is 15.1 Å². The van der Waals surface area contributed by atoms with Crippen molar-refractivity contribution >= 4 is 45.3 Å². The zero-order chi connectivity index (χ0) is 10.1. The summed E-state index contributed by atoms with van der Waals surface area (Å²) in [7, 11) is 0. The molecule has 2 amide bonds. The predicted octanol–water partition coefficient (Wildman–Crippen LogP) is 2.08. The summed E-state index contributed by atoms with van der Waals surface area (Å²) in [5, 5.41) is 2.94. The Morgan fingerprint density at radius 2 is 2.36 bits per heavy atom. The van der Waals surface area contributed by atoms with Crippen molar-refractivity contribution in [2.45, 2.75) is 4.90 Å². The summed E-state index contributed by atoms with van der Waals surface area (Å²) < 4.78 is 0.973. The molecule has 0 saturated heterocycles. The highest BCUT2D eigenvalue weighted by Crippen LogP contribution is 2.27. The van der Waals surface area contributed by atoms with Gasteiger partial charge in [0.05, 0.1) is 10.2 Å². The smallest absolute Gasteiger partial charge is 0.318 e. The number of nitrogens with one attached hydrogen (secondary N) is 1. The molecule has 2 rings (SSSR count). The Bertz CT molecular complexity index is 494. The molecule has 3 N–H and O–H groups in total. The second kappa shape index (κ2) is 3.47. The first kappa shape index (κ1) is 9.29. The van der Waals surface area contributed by atoms with Crippen LogP contribution >= 0.6 is 24.0 Å². The van der Waals surface area contributed by atoms with Gasteiger partial charge in [-0.25, -0.2) is 9.78 Å². The molecule has 0 saturated carbocycles. The third-order valence-electron chi connectivity index (χ3n) is 1.60. The van der Waals surface area contributed by atoms with Crippen LogP contribution in [0.2, 0.25) is 0 Å². The van der Waals surface area contributed by atoms with E-state index in [1.807, 2.05) is 18.2 Å². The third-order valence-corrected chi connectivity index (χ3v) is 2.81. The first-order valence-corrected chi connectivity index (χ1v) is 5.07. The van der Waals surface area contributed by atoms with Gasteiger partial charge in [-0.1, -0.05) is 11.3 Å². The normalized spacial score (nSPS) is 10.4. The molecule has 14 heavy (non-hydrogen) atoms. The Morgan fingerprint density at radius 1 is 1.57 bits per heavy atom. The van der Waals surface area contributed by atoms with Crippen LogP contribution in [0.15, 0.2) is 23.1 Å². The number of carbonyl (C=O) groups excluding carboxylic acids is 1. The number of thiol groups is 1. The summed E-state index contributed by atoms with van der Waals surface area (Å²) in [6, 6.07) is 4.98. The van der Waals surface area contributed by atoms with Gasteiger partial charge in [0, 0.05) is 4.90 Å². The van der Waals surface area contributed by atoms with Crippen LogP contribution in [0.25, 0.3) is 10.2 Å². The first-order valence-electron chi connectivity index (χ1n) is 3.81. The van der Waals surface area contributed by atoms with Crippen molar-refractivity contribution in [3.63, 3.8) is 0 Å². The maximum atomic E-state index is 10.6. The van der Waals surface area contributed by atoms with Crippen molar-refractivity contribution in [3.05, 3.63) is 18.2 Å². The highest BCUT2D eigenvalue weighted by molar-refractivity contribution is 7.80. The number of amides is 2. The Kier molecular flexibility index (Phi) is 2.30. The summed E-state index contributed by atoms with van der Waals surface area (Å²) >= 11 is 5.57. The van der Waals surface area contributed by atoms with Crippen LogP contribution in [0.1, 0.15) is 0 Å². The van der Waals surface area contributed by atoms with Gasteiger partial charge in [0.25, 0.3) is 0 Å². The van der Waals surface area contributed by atoms with Gasteiger partial charge >= 0.3 is 6.03 Å². The number of fused-ring (bicyclic) bond motifs is 1. The van der Waals surface area contributed by atoms with Crippen LogP contribution in [0.3, 0.4) is 0 Å². The maximum absolute atomic E-state index is 10.6. The van der Waals surface area contributed by atoms with E-state index in [4.69, 9.17) is 5.73 Å². The number of aromatic nitrogens is 1. The maximum Gasteiger partial charge on any atom is 0.318 e. The van der Waals surface area contributed by atoms with E-state index in [1.165, 1.54) is 11.3 Å². The lowest BCUT2D eigenvalue weighted by atomic mass is 10.3. The molecule has 6 heteroatoms. The van der Waals surface area contributed by atoms with Gasteiger partial charge in [-0.3, -0.25) is 5.32 Å².